The Morgan fingerprint density at radius 2 is 2.00 bits per heavy atom. The van der Waals surface area contributed by atoms with Crippen LogP contribution in [-0.4, -0.2) is 31.4 Å². The van der Waals surface area contributed by atoms with Crippen LogP contribution in [0.2, 0.25) is 0 Å². The molecule has 2 N–H and O–H groups in total. The molecule has 2 aromatic heterocycles. The molecule has 0 saturated carbocycles. The van der Waals surface area contributed by atoms with Crippen molar-refractivity contribution in [3.8, 4) is 0 Å². The van der Waals surface area contributed by atoms with Gasteiger partial charge in [-0.3, -0.25) is 0 Å². The fraction of sp³-hybridized carbons (Fsp3) is 0.0588. The lowest BCUT2D eigenvalue weighted by Gasteiger charge is -2.05. The molecule has 0 radical (unpaired) electrons. The summed E-state index contributed by atoms with van der Waals surface area (Å²) >= 11 is 3.47. The highest BCUT2D eigenvalue weighted by atomic mass is 79.9. The maximum atomic E-state index is 4.19. The normalized spacial score (nSPS) is 11.4. The first-order valence-electron chi connectivity index (χ1n) is 7.64. The quantitative estimate of drug-likeness (QED) is 0.400. The first-order chi connectivity index (χ1) is 12.3. The fourth-order valence-electron chi connectivity index (χ4n) is 2.66. The molecule has 0 aliphatic carbocycles. The Hall–Kier alpha value is -3.00. The minimum absolute atomic E-state index is 0.329. The van der Waals surface area contributed by atoms with Crippen LogP contribution in [0.15, 0.2) is 64.3 Å². The average Bonchev–Trinajstić information content (AvgIpc) is 3.26. The largest absolute Gasteiger partial charge is 0.342 e. The van der Waals surface area contributed by atoms with E-state index in [9.17, 15) is 0 Å². The Morgan fingerprint density at radius 3 is 2.80 bits per heavy atom. The van der Waals surface area contributed by atoms with Gasteiger partial charge in [-0.05, 0) is 29.0 Å². The van der Waals surface area contributed by atoms with Gasteiger partial charge in [0.05, 0.1) is 6.21 Å². The van der Waals surface area contributed by atoms with Gasteiger partial charge in [-0.2, -0.15) is 10.3 Å². The van der Waals surface area contributed by atoms with Gasteiger partial charge in [0.25, 0.3) is 5.95 Å². The molecule has 7 nitrogen and oxygen atoms in total. The number of H-pyrrole nitrogens is 1. The van der Waals surface area contributed by atoms with Gasteiger partial charge >= 0.3 is 0 Å². The molecule has 0 spiro atoms. The van der Waals surface area contributed by atoms with Crippen molar-refractivity contribution in [2.45, 2.75) is 6.54 Å². The lowest BCUT2D eigenvalue weighted by Crippen LogP contribution is -1.97. The molecule has 2 heterocycles. The molecule has 0 unspecified atom stereocenters. The Bertz CT molecular complexity index is 1000. The summed E-state index contributed by atoms with van der Waals surface area (Å²) in [7, 11) is 0. The van der Waals surface area contributed by atoms with Gasteiger partial charge in [0.2, 0.25) is 0 Å². The number of nitrogens with one attached hydrogen (secondary N) is 2. The van der Waals surface area contributed by atoms with Crippen LogP contribution in [0.1, 0.15) is 11.1 Å². The van der Waals surface area contributed by atoms with Crippen LogP contribution in [0.25, 0.3) is 10.9 Å². The number of anilines is 1. The Labute approximate surface area is 151 Å². The summed E-state index contributed by atoms with van der Waals surface area (Å²) in [6, 6.07) is 16.6. The van der Waals surface area contributed by atoms with Crippen LogP contribution in [-0.2, 0) is 6.54 Å². The number of aromatic amines is 1. The Morgan fingerprint density at radius 1 is 1.16 bits per heavy atom. The summed E-state index contributed by atoms with van der Waals surface area (Å²) < 4.78 is 3.29. The van der Waals surface area contributed by atoms with Crippen molar-refractivity contribution in [2.75, 3.05) is 5.43 Å². The second-order valence-corrected chi connectivity index (χ2v) is 6.38. The molecule has 0 saturated heterocycles. The predicted octanol–water partition coefficient (Wildman–Crippen LogP) is 3.41. The lowest BCUT2D eigenvalue weighted by molar-refractivity contribution is 0.836. The van der Waals surface area contributed by atoms with Crippen molar-refractivity contribution in [1.29, 1.82) is 0 Å². The van der Waals surface area contributed by atoms with Crippen molar-refractivity contribution < 1.29 is 0 Å². The number of fused-ring (bicyclic) bond motifs is 1. The van der Waals surface area contributed by atoms with Crippen LogP contribution in [0.5, 0.6) is 0 Å². The summed E-state index contributed by atoms with van der Waals surface area (Å²) in [4.78, 5) is 0. The van der Waals surface area contributed by atoms with Crippen molar-refractivity contribution in [2.24, 2.45) is 5.10 Å². The highest BCUT2D eigenvalue weighted by molar-refractivity contribution is 9.10. The standard InChI is InChI=1S/C17H14BrN7/c18-14-7-5-12(6-8-14)10-25-11-13(15-3-1-2-4-16(15)25)9-19-20-17-21-23-24-22-17/h1-9,11H,10H2,(H2,20,21,22,23,24)/b19-9-. The Balaban J connectivity index is 1.63. The zero-order chi connectivity index (χ0) is 17.1. The van der Waals surface area contributed by atoms with Gasteiger partial charge in [0, 0.05) is 33.7 Å². The third-order valence-corrected chi connectivity index (χ3v) is 4.33. The summed E-state index contributed by atoms with van der Waals surface area (Å²) in [5, 5.41) is 18.8. The number of hydrogen-bond donors (Lipinski definition) is 2. The van der Waals surface area contributed by atoms with E-state index in [0.717, 1.165) is 27.5 Å². The number of hydrazone groups is 1. The van der Waals surface area contributed by atoms with E-state index in [4.69, 9.17) is 0 Å². The maximum Gasteiger partial charge on any atom is 0.283 e. The molecule has 0 atom stereocenters. The first-order valence-corrected chi connectivity index (χ1v) is 8.44. The smallest absolute Gasteiger partial charge is 0.283 e. The summed E-state index contributed by atoms with van der Waals surface area (Å²) in [5.41, 5.74) is 6.15. The molecule has 0 bridgehead atoms. The van der Waals surface area contributed by atoms with Crippen LogP contribution >= 0.6 is 15.9 Å². The molecule has 8 heteroatoms. The average molecular weight is 396 g/mol. The second kappa shape index (κ2) is 6.86. The van der Waals surface area contributed by atoms with Gasteiger partial charge in [-0.1, -0.05) is 51.4 Å². The number of hydrogen-bond acceptors (Lipinski definition) is 5. The topological polar surface area (TPSA) is 83.8 Å². The lowest BCUT2D eigenvalue weighted by atomic mass is 10.2. The fourth-order valence-corrected chi connectivity index (χ4v) is 2.93. The molecule has 0 amide bonds. The van der Waals surface area contributed by atoms with Crippen molar-refractivity contribution >= 4 is 39.0 Å². The van der Waals surface area contributed by atoms with E-state index in [1.807, 2.05) is 12.1 Å². The zero-order valence-electron chi connectivity index (χ0n) is 13.1. The molecule has 4 rings (SSSR count). The van der Waals surface area contributed by atoms with Gasteiger partial charge in [0.1, 0.15) is 0 Å². The van der Waals surface area contributed by atoms with Crippen LogP contribution in [0, 0.1) is 0 Å². The van der Waals surface area contributed by atoms with E-state index >= 15 is 0 Å². The third-order valence-electron chi connectivity index (χ3n) is 3.80. The number of aromatic nitrogens is 5. The zero-order valence-corrected chi connectivity index (χ0v) is 14.7. The van der Waals surface area contributed by atoms with Gasteiger partial charge in [0.15, 0.2) is 0 Å². The van der Waals surface area contributed by atoms with Gasteiger partial charge in [-0.25, -0.2) is 5.43 Å². The monoisotopic (exact) mass is 395 g/mol. The number of benzene rings is 2. The number of nitrogens with zero attached hydrogens (tertiary/aromatic N) is 5. The Kier molecular flexibility index (Phi) is 4.26. The number of rotatable bonds is 5. The molecule has 4 aromatic rings. The maximum absolute atomic E-state index is 4.19. The van der Waals surface area contributed by atoms with E-state index in [-0.39, 0.29) is 0 Å². The van der Waals surface area contributed by atoms with E-state index in [1.165, 1.54) is 5.56 Å². The van der Waals surface area contributed by atoms with Crippen molar-refractivity contribution in [3.63, 3.8) is 0 Å². The molecule has 0 aliphatic heterocycles. The van der Waals surface area contributed by atoms with E-state index in [2.05, 4.69) is 94.2 Å². The molecule has 0 aliphatic rings. The van der Waals surface area contributed by atoms with Crippen molar-refractivity contribution in [1.82, 2.24) is 25.2 Å². The molecule has 124 valence electrons. The summed E-state index contributed by atoms with van der Waals surface area (Å²) in [6.07, 6.45) is 3.85. The third kappa shape index (κ3) is 3.43. The van der Waals surface area contributed by atoms with Crippen LogP contribution in [0.4, 0.5) is 5.95 Å². The van der Waals surface area contributed by atoms with E-state index in [0.29, 0.717) is 5.95 Å². The molecule has 25 heavy (non-hydrogen) atoms. The minimum atomic E-state index is 0.329. The number of para-hydroxylation sites is 1. The number of halogens is 1. The minimum Gasteiger partial charge on any atom is -0.342 e. The predicted molar refractivity (Wildman–Crippen MR) is 101 cm³/mol. The highest BCUT2D eigenvalue weighted by Crippen LogP contribution is 2.22. The van der Waals surface area contributed by atoms with Crippen molar-refractivity contribution in [3.05, 3.63) is 70.3 Å². The number of tetrazole rings is 1. The van der Waals surface area contributed by atoms with Crippen LogP contribution in [0.3, 0.4) is 0 Å². The highest BCUT2D eigenvalue weighted by Gasteiger charge is 2.07. The molecule has 0 fully saturated rings. The molecular weight excluding hydrogens is 382 g/mol. The first kappa shape index (κ1) is 15.5. The van der Waals surface area contributed by atoms with E-state index in [1.54, 1.807) is 6.21 Å². The molecule has 2 aromatic carbocycles. The van der Waals surface area contributed by atoms with Crippen LogP contribution < -0.4 is 5.43 Å². The van der Waals surface area contributed by atoms with Gasteiger partial charge in [-0.15, -0.1) is 5.10 Å². The summed E-state index contributed by atoms with van der Waals surface area (Å²) in [5.74, 6) is 0.329. The second-order valence-electron chi connectivity index (χ2n) is 5.46. The van der Waals surface area contributed by atoms with Gasteiger partial charge < -0.3 is 4.57 Å². The molecular formula is C17H14BrN7. The SMILES string of the molecule is Brc1ccc(Cn2cc(/C=N\Nc3nn[nH]n3)c3ccccc32)cc1. The van der Waals surface area contributed by atoms with E-state index < -0.39 is 0 Å². The summed E-state index contributed by atoms with van der Waals surface area (Å²) in [6.45, 7) is 0.792.